The van der Waals surface area contributed by atoms with Crippen LogP contribution in [0.25, 0.3) is 22.4 Å². The minimum absolute atomic E-state index is 0.764. The zero-order valence-electron chi connectivity index (χ0n) is 12.5. The zero-order chi connectivity index (χ0) is 14.7. The lowest BCUT2D eigenvalue weighted by Crippen LogP contribution is -2.03. The average Bonchev–Trinajstić information content (AvgIpc) is 2.87. The molecule has 1 aromatic heterocycles. The summed E-state index contributed by atoms with van der Waals surface area (Å²) in [6, 6.07) is 16.9. The molecule has 0 unspecified atom stereocenters. The molecular weight excluding hydrogens is 260 g/mol. The first kappa shape index (κ1) is 13.8. The van der Waals surface area contributed by atoms with Gasteiger partial charge in [-0.05, 0) is 25.5 Å². The first-order valence-corrected chi connectivity index (χ1v) is 7.31. The molecule has 0 amide bonds. The van der Waals surface area contributed by atoms with Crippen LogP contribution in [0.2, 0.25) is 0 Å². The van der Waals surface area contributed by atoms with Gasteiger partial charge in [0.2, 0.25) is 0 Å². The number of imidazole rings is 1. The van der Waals surface area contributed by atoms with Crippen LogP contribution in [0.3, 0.4) is 0 Å². The highest BCUT2D eigenvalue weighted by Crippen LogP contribution is 2.25. The number of aromatic nitrogens is 2. The molecule has 0 bridgehead atoms. The second kappa shape index (κ2) is 6.10. The van der Waals surface area contributed by atoms with Gasteiger partial charge in [-0.25, -0.2) is 4.98 Å². The molecule has 0 N–H and O–H groups in total. The molecule has 0 radical (unpaired) electrons. The van der Waals surface area contributed by atoms with E-state index in [1.54, 1.807) is 7.11 Å². The van der Waals surface area contributed by atoms with Gasteiger partial charge < -0.3 is 9.30 Å². The fourth-order valence-corrected chi connectivity index (χ4v) is 2.59. The predicted octanol–water partition coefficient (Wildman–Crippen LogP) is 4.05. The Hall–Kier alpha value is -2.13. The Bertz CT molecular complexity index is 729. The van der Waals surface area contributed by atoms with Crippen LogP contribution in [0.4, 0.5) is 0 Å². The molecule has 0 aliphatic carbocycles. The van der Waals surface area contributed by atoms with Gasteiger partial charge in [0.1, 0.15) is 5.82 Å². The molecule has 0 aliphatic rings. The number of ether oxygens (including phenoxy) is 1. The Morgan fingerprint density at radius 2 is 1.81 bits per heavy atom. The maximum Gasteiger partial charge on any atom is 0.141 e. The zero-order valence-corrected chi connectivity index (χ0v) is 12.5. The Morgan fingerprint density at radius 1 is 1.05 bits per heavy atom. The van der Waals surface area contributed by atoms with Crippen molar-refractivity contribution in [1.29, 1.82) is 0 Å². The molecule has 3 aromatic rings. The molecule has 21 heavy (non-hydrogen) atoms. The normalized spacial score (nSPS) is 11.1. The van der Waals surface area contributed by atoms with Crippen molar-refractivity contribution < 1.29 is 4.74 Å². The SMILES string of the molecule is COCCCn1c(-c2ccc(C)cc2)nc2ccccc21. The first-order chi connectivity index (χ1) is 10.3. The fourth-order valence-electron chi connectivity index (χ4n) is 2.59. The van der Waals surface area contributed by atoms with Crippen LogP contribution >= 0.6 is 0 Å². The molecular formula is C18H20N2O. The highest BCUT2D eigenvalue weighted by atomic mass is 16.5. The van der Waals surface area contributed by atoms with Crippen molar-refractivity contribution >= 4 is 11.0 Å². The Balaban J connectivity index is 2.07. The van der Waals surface area contributed by atoms with Gasteiger partial charge >= 0.3 is 0 Å². The molecule has 0 spiro atoms. The minimum Gasteiger partial charge on any atom is -0.385 e. The number of para-hydroxylation sites is 2. The van der Waals surface area contributed by atoms with E-state index in [-0.39, 0.29) is 0 Å². The summed E-state index contributed by atoms with van der Waals surface area (Å²) < 4.78 is 7.47. The van der Waals surface area contributed by atoms with E-state index in [9.17, 15) is 0 Å². The number of nitrogens with zero attached hydrogens (tertiary/aromatic N) is 2. The number of fused-ring (bicyclic) bond motifs is 1. The summed E-state index contributed by atoms with van der Waals surface area (Å²) >= 11 is 0. The van der Waals surface area contributed by atoms with E-state index in [1.807, 2.05) is 6.07 Å². The van der Waals surface area contributed by atoms with E-state index in [0.717, 1.165) is 36.5 Å². The quantitative estimate of drug-likeness (QED) is 0.659. The molecule has 0 atom stereocenters. The largest absolute Gasteiger partial charge is 0.385 e. The third-order valence-corrected chi connectivity index (χ3v) is 3.69. The molecule has 3 nitrogen and oxygen atoms in total. The van der Waals surface area contributed by atoms with E-state index < -0.39 is 0 Å². The molecule has 2 aromatic carbocycles. The number of rotatable bonds is 5. The van der Waals surface area contributed by atoms with Gasteiger partial charge in [0.15, 0.2) is 0 Å². The summed E-state index contributed by atoms with van der Waals surface area (Å²) in [4.78, 5) is 4.81. The molecule has 3 rings (SSSR count). The Kier molecular flexibility index (Phi) is 4.02. The fraction of sp³-hybridized carbons (Fsp3) is 0.278. The summed E-state index contributed by atoms with van der Waals surface area (Å²) in [6.45, 7) is 3.78. The molecule has 108 valence electrons. The van der Waals surface area contributed by atoms with Crippen LogP contribution in [0.1, 0.15) is 12.0 Å². The van der Waals surface area contributed by atoms with Crippen LogP contribution in [-0.4, -0.2) is 23.3 Å². The summed E-state index contributed by atoms with van der Waals surface area (Å²) in [5.74, 6) is 1.03. The molecule has 3 heteroatoms. The van der Waals surface area contributed by atoms with Crippen LogP contribution in [-0.2, 0) is 11.3 Å². The third kappa shape index (κ3) is 2.83. The van der Waals surface area contributed by atoms with E-state index in [4.69, 9.17) is 9.72 Å². The Morgan fingerprint density at radius 3 is 2.57 bits per heavy atom. The monoisotopic (exact) mass is 280 g/mol. The summed E-state index contributed by atoms with van der Waals surface area (Å²) in [7, 11) is 1.74. The maximum atomic E-state index is 5.18. The van der Waals surface area contributed by atoms with E-state index in [2.05, 4.69) is 54.0 Å². The first-order valence-electron chi connectivity index (χ1n) is 7.31. The molecule has 0 fully saturated rings. The molecule has 0 saturated carbocycles. The van der Waals surface area contributed by atoms with E-state index in [1.165, 1.54) is 11.1 Å². The summed E-state index contributed by atoms with van der Waals surface area (Å²) in [5, 5.41) is 0. The van der Waals surface area contributed by atoms with Crippen LogP contribution in [0.15, 0.2) is 48.5 Å². The highest BCUT2D eigenvalue weighted by molar-refractivity contribution is 5.80. The van der Waals surface area contributed by atoms with Crippen molar-refractivity contribution in [2.24, 2.45) is 0 Å². The summed E-state index contributed by atoms with van der Waals surface area (Å²) in [6.07, 6.45) is 0.982. The number of hydrogen-bond acceptors (Lipinski definition) is 2. The second-order valence-corrected chi connectivity index (χ2v) is 5.29. The third-order valence-electron chi connectivity index (χ3n) is 3.69. The Labute approximate surface area is 125 Å². The van der Waals surface area contributed by atoms with Crippen molar-refractivity contribution in [3.05, 3.63) is 54.1 Å². The van der Waals surface area contributed by atoms with Gasteiger partial charge in [0.25, 0.3) is 0 Å². The molecule has 1 heterocycles. The lowest BCUT2D eigenvalue weighted by atomic mass is 10.1. The lowest BCUT2D eigenvalue weighted by Gasteiger charge is -2.09. The molecule has 0 saturated heterocycles. The van der Waals surface area contributed by atoms with Gasteiger partial charge in [0, 0.05) is 25.8 Å². The van der Waals surface area contributed by atoms with E-state index in [0.29, 0.717) is 0 Å². The topological polar surface area (TPSA) is 27.1 Å². The smallest absolute Gasteiger partial charge is 0.141 e. The standard InChI is InChI=1S/C18H20N2O/c1-14-8-10-15(11-9-14)18-19-16-6-3-4-7-17(16)20(18)12-5-13-21-2/h3-4,6-11H,5,12-13H2,1-2H3. The molecule has 0 aliphatic heterocycles. The van der Waals surface area contributed by atoms with Gasteiger partial charge in [-0.2, -0.15) is 0 Å². The highest BCUT2D eigenvalue weighted by Gasteiger charge is 2.11. The van der Waals surface area contributed by atoms with Crippen LogP contribution in [0, 0.1) is 6.92 Å². The van der Waals surface area contributed by atoms with Crippen molar-refractivity contribution in [2.45, 2.75) is 19.9 Å². The van der Waals surface area contributed by atoms with Crippen molar-refractivity contribution in [1.82, 2.24) is 9.55 Å². The maximum absolute atomic E-state index is 5.18. The van der Waals surface area contributed by atoms with Crippen molar-refractivity contribution in [3.63, 3.8) is 0 Å². The van der Waals surface area contributed by atoms with Crippen LogP contribution in [0.5, 0.6) is 0 Å². The van der Waals surface area contributed by atoms with Gasteiger partial charge in [0.05, 0.1) is 11.0 Å². The van der Waals surface area contributed by atoms with Crippen LogP contribution < -0.4 is 0 Å². The van der Waals surface area contributed by atoms with E-state index >= 15 is 0 Å². The number of benzene rings is 2. The average molecular weight is 280 g/mol. The van der Waals surface area contributed by atoms with Gasteiger partial charge in [-0.1, -0.05) is 42.0 Å². The minimum atomic E-state index is 0.764. The van der Waals surface area contributed by atoms with Crippen molar-refractivity contribution in [2.75, 3.05) is 13.7 Å². The predicted molar refractivity (Wildman–Crippen MR) is 86.4 cm³/mol. The number of methoxy groups -OCH3 is 1. The second-order valence-electron chi connectivity index (χ2n) is 5.29. The summed E-state index contributed by atoms with van der Waals surface area (Å²) in [5.41, 5.74) is 4.66. The number of aryl methyl sites for hydroxylation is 2. The lowest BCUT2D eigenvalue weighted by molar-refractivity contribution is 0.191. The van der Waals surface area contributed by atoms with Gasteiger partial charge in [-0.15, -0.1) is 0 Å². The van der Waals surface area contributed by atoms with Crippen molar-refractivity contribution in [3.8, 4) is 11.4 Å². The number of hydrogen-bond donors (Lipinski definition) is 0. The van der Waals surface area contributed by atoms with Gasteiger partial charge in [-0.3, -0.25) is 0 Å².